The number of benzene rings is 1. The number of amides is 1. The Kier molecular flexibility index (Phi) is 4.65. The largest absolute Gasteiger partial charge is 0.491 e. The van der Waals surface area contributed by atoms with Crippen molar-refractivity contribution in [3.05, 3.63) is 29.8 Å². The van der Waals surface area contributed by atoms with Crippen LogP contribution in [0.5, 0.6) is 5.75 Å². The predicted molar refractivity (Wildman–Crippen MR) is 79.4 cm³/mol. The van der Waals surface area contributed by atoms with Crippen LogP contribution in [0.1, 0.15) is 45.1 Å². The zero-order valence-corrected chi connectivity index (χ0v) is 12.3. The van der Waals surface area contributed by atoms with Crippen molar-refractivity contribution < 1.29 is 9.53 Å². The van der Waals surface area contributed by atoms with Gasteiger partial charge in [-0.3, -0.25) is 4.79 Å². The zero-order valence-electron chi connectivity index (χ0n) is 12.3. The molecule has 0 spiro atoms. The van der Waals surface area contributed by atoms with Gasteiger partial charge in [-0.15, -0.1) is 0 Å². The van der Waals surface area contributed by atoms with E-state index in [-0.39, 0.29) is 12.0 Å². The first kappa shape index (κ1) is 14.9. The Balaban J connectivity index is 1.86. The van der Waals surface area contributed by atoms with Gasteiger partial charge in [-0.25, -0.2) is 0 Å². The molecule has 0 saturated heterocycles. The lowest BCUT2D eigenvalue weighted by Gasteiger charge is -2.22. The van der Waals surface area contributed by atoms with Gasteiger partial charge >= 0.3 is 0 Å². The Morgan fingerprint density at radius 3 is 2.45 bits per heavy atom. The lowest BCUT2D eigenvalue weighted by atomic mass is 9.98. The van der Waals surface area contributed by atoms with E-state index < -0.39 is 5.54 Å². The number of hydrogen-bond acceptors (Lipinski definition) is 3. The summed E-state index contributed by atoms with van der Waals surface area (Å²) >= 11 is 0. The number of carbonyl (C=O) groups excluding carboxylic acids is 1. The second-order valence-corrected chi connectivity index (χ2v) is 5.86. The van der Waals surface area contributed by atoms with E-state index in [4.69, 9.17) is 10.5 Å². The summed E-state index contributed by atoms with van der Waals surface area (Å²) < 4.78 is 5.58. The van der Waals surface area contributed by atoms with Crippen molar-refractivity contribution in [3.63, 3.8) is 0 Å². The Bertz CT molecular complexity index is 448. The van der Waals surface area contributed by atoms with Gasteiger partial charge in [-0.05, 0) is 44.4 Å². The number of carbonyl (C=O) groups is 1. The molecule has 20 heavy (non-hydrogen) atoms. The topological polar surface area (TPSA) is 64.3 Å². The molecule has 4 nitrogen and oxygen atoms in total. The van der Waals surface area contributed by atoms with Crippen molar-refractivity contribution in [2.24, 2.45) is 5.73 Å². The highest BCUT2D eigenvalue weighted by Gasteiger charge is 2.36. The normalized spacial score (nSPS) is 17.2. The fraction of sp³-hybridized carbons (Fsp3) is 0.562. The first-order valence-electron chi connectivity index (χ1n) is 7.32. The number of rotatable bonds is 5. The second kappa shape index (κ2) is 6.27. The minimum absolute atomic E-state index is 0.0301. The molecular formula is C16H24N2O2. The van der Waals surface area contributed by atoms with Crippen LogP contribution in [0.3, 0.4) is 0 Å². The van der Waals surface area contributed by atoms with E-state index in [1.165, 1.54) is 0 Å². The molecule has 1 aromatic rings. The van der Waals surface area contributed by atoms with Gasteiger partial charge in [0.05, 0.1) is 11.6 Å². The van der Waals surface area contributed by atoms with Gasteiger partial charge in [0, 0.05) is 6.54 Å². The molecule has 0 aliphatic heterocycles. The lowest BCUT2D eigenvalue weighted by molar-refractivity contribution is -0.126. The third-order valence-corrected chi connectivity index (χ3v) is 3.70. The van der Waals surface area contributed by atoms with Crippen LogP contribution < -0.4 is 15.8 Å². The Labute approximate surface area is 120 Å². The summed E-state index contributed by atoms with van der Waals surface area (Å²) in [4.78, 5) is 12.1. The van der Waals surface area contributed by atoms with Gasteiger partial charge in [0.15, 0.2) is 0 Å². The summed E-state index contributed by atoms with van der Waals surface area (Å²) in [5.41, 5.74) is 6.51. The zero-order chi connectivity index (χ0) is 14.6. The fourth-order valence-corrected chi connectivity index (χ4v) is 2.55. The molecular weight excluding hydrogens is 252 g/mol. The van der Waals surface area contributed by atoms with Crippen LogP contribution >= 0.6 is 0 Å². The van der Waals surface area contributed by atoms with Gasteiger partial charge < -0.3 is 15.8 Å². The fourth-order valence-electron chi connectivity index (χ4n) is 2.55. The van der Waals surface area contributed by atoms with Crippen LogP contribution in [0, 0.1) is 0 Å². The summed E-state index contributed by atoms with van der Waals surface area (Å²) in [6.45, 7) is 4.51. The first-order valence-corrected chi connectivity index (χ1v) is 7.32. The number of nitrogens with one attached hydrogen (secondary N) is 1. The lowest BCUT2D eigenvalue weighted by Crippen LogP contribution is -2.51. The summed E-state index contributed by atoms with van der Waals surface area (Å²) in [5, 5.41) is 2.94. The summed E-state index contributed by atoms with van der Waals surface area (Å²) in [6, 6.07) is 7.79. The van der Waals surface area contributed by atoms with Crippen LogP contribution in [0.15, 0.2) is 24.3 Å². The van der Waals surface area contributed by atoms with E-state index in [1.807, 2.05) is 38.1 Å². The monoisotopic (exact) mass is 276 g/mol. The van der Waals surface area contributed by atoms with E-state index in [1.54, 1.807) is 0 Å². The molecule has 0 unspecified atom stereocenters. The summed E-state index contributed by atoms with van der Waals surface area (Å²) in [6.07, 6.45) is 3.84. The molecule has 1 amide bonds. The van der Waals surface area contributed by atoms with E-state index in [0.29, 0.717) is 6.54 Å². The number of ether oxygens (including phenoxy) is 1. The Morgan fingerprint density at radius 1 is 1.30 bits per heavy atom. The highest BCUT2D eigenvalue weighted by molar-refractivity contribution is 5.86. The number of nitrogens with two attached hydrogens (primary N) is 1. The maximum Gasteiger partial charge on any atom is 0.240 e. The predicted octanol–water partition coefficient (Wildman–Crippen LogP) is 2.36. The van der Waals surface area contributed by atoms with Crippen molar-refractivity contribution >= 4 is 5.91 Å². The average molecular weight is 276 g/mol. The highest BCUT2D eigenvalue weighted by atomic mass is 16.5. The molecule has 1 aromatic carbocycles. The van der Waals surface area contributed by atoms with E-state index in [0.717, 1.165) is 37.0 Å². The molecule has 0 atom stereocenters. The van der Waals surface area contributed by atoms with Crippen molar-refractivity contribution in [2.75, 3.05) is 0 Å². The maximum absolute atomic E-state index is 12.1. The van der Waals surface area contributed by atoms with E-state index >= 15 is 0 Å². The van der Waals surface area contributed by atoms with Gasteiger partial charge in [-0.1, -0.05) is 25.0 Å². The summed E-state index contributed by atoms with van der Waals surface area (Å²) in [7, 11) is 0. The molecule has 0 radical (unpaired) electrons. The van der Waals surface area contributed by atoms with Crippen LogP contribution in [0.2, 0.25) is 0 Å². The molecule has 0 bridgehead atoms. The molecule has 1 saturated carbocycles. The molecule has 4 heteroatoms. The molecule has 0 aromatic heterocycles. The first-order chi connectivity index (χ1) is 9.49. The molecule has 3 N–H and O–H groups in total. The van der Waals surface area contributed by atoms with Crippen LogP contribution in [0.25, 0.3) is 0 Å². The SMILES string of the molecule is CC(C)Oc1ccc(CNC(=O)C2(N)CCCC2)cc1. The van der Waals surface area contributed by atoms with Crippen molar-refractivity contribution in [1.29, 1.82) is 0 Å². The number of hydrogen-bond donors (Lipinski definition) is 2. The van der Waals surface area contributed by atoms with Crippen LogP contribution in [0.4, 0.5) is 0 Å². The minimum atomic E-state index is -0.652. The standard InChI is InChI=1S/C16H24N2O2/c1-12(2)20-14-7-5-13(6-8-14)11-18-15(19)16(17)9-3-4-10-16/h5-8,12H,3-4,9-11,17H2,1-2H3,(H,18,19). The van der Waals surface area contributed by atoms with Crippen molar-refractivity contribution in [1.82, 2.24) is 5.32 Å². The van der Waals surface area contributed by atoms with Crippen molar-refractivity contribution in [3.8, 4) is 5.75 Å². The van der Waals surface area contributed by atoms with Gasteiger partial charge in [-0.2, -0.15) is 0 Å². The van der Waals surface area contributed by atoms with Gasteiger partial charge in [0.25, 0.3) is 0 Å². The quantitative estimate of drug-likeness (QED) is 0.867. The highest BCUT2D eigenvalue weighted by Crippen LogP contribution is 2.27. The van der Waals surface area contributed by atoms with E-state index in [2.05, 4.69) is 5.32 Å². The summed E-state index contributed by atoms with van der Waals surface area (Å²) in [5.74, 6) is 0.818. The van der Waals surface area contributed by atoms with E-state index in [9.17, 15) is 4.79 Å². The molecule has 1 aliphatic rings. The van der Waals surface area contributed by atoms with Gasteiger partial charge in [0.1, 0.15) is 5.75 Å². The van der Waals surface area contributed by atoms with Crippen molar-refractivity contribution in [2.45, 2.75) is 57.7 Å². The van der Waals surface area contributed by atoms with Crippen LogP contribution in [-0.4, -0.2) is 17.6 Å². The minimum Gasteiger partial charge on any atom is -0.491 e. The Hall–Kier alpha value is -1.55. The van der Waals surface area contributed by atoms with Crippen LogP contribution in [-0.2, 0) is 11.3 Å². The second-order valence-electron chi connectivity index (χ2n) is 5.86. The Morgan fingerprint density at radius 2 is 1.90 bits per heavy atom. The molecule has 1 fully saturated rings. The smallest absolute Gasteiger partial charge is 0.240 e. The molecule has 2 rings (SSSR count). The third kappa shape index (κ3) is 3.73. The maximum atomic E-state index is 12.1. The molecule has 110 valence electrons. The molecule has 1 aliphatic carbocycles. The van der Waals surface area contributed by atoms with Gasteiger partial charge in [0.2, 0.25) is 5.91 Å². The molecule has 0 heterocycles. The average Bonchev–Trinajstić information content (AvgIpc) is 2.85. The third-order valence-electron chi connectivity index (χ3n) is 3.70.